The van der Waals surface area contributed by atoms with E-state index in [2.05, 4.69) is 10.6 Å². The number of para-hydroxylation sites is 2. The standard InChI is InChI=1S/C20H28N2O2/c1-13(21-17-5-3-4-6-18(17)24-2)19(23)22-20-10-14-7-15(11-20)9-16(8-14)12-20/h3-6,13-16,21H,7-12H2,1-2H3,(H,22,23)/t13-,14?,15?,16?,20?/m1/s1. The van der Waals surface area contributed by atoms with Gasteiger partial charge in [-0.15, -0.1) is 0 Å². The Morgan fingerprint density at radius 1 is 1.12 bits per heavy atom. The summed E-state index contributed by atoms with van der Waals surface area (Å²) in [6.07, 6.45) is 7.74. The van der Waals surface area contributed by atoms with Gasteiger partial charge in [0.05, 0.1) is 12.8 Å². The summed E-state index contributed by atoms with van der Waals surface area (Å²) in [6, 6.07) is 7.48. The van der Waals surface area contributed by atoms with Crippen molar-refractivity contribution in [2.45, 2.75) is 57.0 Å². The summed E-state index contributed by atoms with van der Waals surface area (Å²) < 4.78 is 5.37. The molecule has 0 unspecified atom stereocenters. The number of anilines is 1. The molecular formula is C20H28N2O2. The molecular weight excluding hydrogens is 300 g/mol. The zero-order valence-electron chi connectivity index (χ0n) is 14.7. The van der Waals surface area contributed by atoms with Gasteiger partial charge in [0.2, 0.25) is 5.91 Å². The van der Waals surface area contributed by atoms with Crippen molar-refractivity contribution < 1.29 is 9.53 Å². The first-order chi connectivity index (χ1) is 11.6. The SMILES string of the molecule is COc1ccccc1N[C@H](C)C(=O)NC12CC3CC(CC(C3)C1)C2. The fraction of sp³-hybridized carbons (Fsp3) is 0.650. The lowest BCUT2D eigenvalue weighted by Crippen LogP contribution is -2.61. The van der Waals surface area contributed by atoms with Gasteiger partial charge in [-0.2, -0.15) is 0 Å². The van der Waals surface area contributed by atoms with Crippen LogP contribution in [0.5, 0.6) is 5.75 Å². The van der Waals surface area contributed by atoms with Crippen LogP contribution in [0.3, 0.4) is 0 Å². The Kier molecular flexibility index (Phi) is 3.93. The first-order valence-corrected chi connectivity index (χ1v) is 9.28. The fourth-order valence-electron chi connectivity index (χ4n) is 5.70. The van der Waals surface area contributed by atoms with E-state index >= 15 is 0 Å². The van der Waals surface area contributed by atoms with Crippen molar-refractivity contribution in [2.24, 2.45) is 17.8 Å². The van der Waals surface area contributed by atoms with Gasteiger partial charge in [-0.3, -0.25) is 4.79 Å². The minimum Gasteiger partial charge on any atom is -0.495 e. The van der Waals surface area contributed by atoms with Crippen LogP contribution in [0.2, 0.25) is 0 Å². The number of amides is 1. The second kappa shape index (κ2) is 5.98. The van der Waals surface area contributed by atoms with Crippen molar-refractivity contribution in [3.8, 4) is 5.75 Å². The number of hydrogen-bond donors (Lipinski definition) is 2. The van der Waals surface area contributed by atoms with E-state index in [0.29, 0.717) is 0 Å². The van der Waals surface area contributed by atoms with Crippen LogP contribution in [0.1, 0.15) is 45.4 Å². The summed E-state index contributed by atoms with van der Waals surface area (Å²) in [5.74, 6) is 3.41. The number of methoxy groups -OCH3 is 1. The smallest absolute Gasteiger partial charge is 0.242 e. The Balaban J connectivity index is 1.42. The third-order valence-corrected chi connectivity index (χ3v) is 6.30. The molecule has 4 aliphatic carbocycles. The maximum Gasteiger partial charge on any atom is 0.242 e. The van der Waals surface area contributed by atoms with Gasteiger partial charge in [-0.05, 0) is 75.3 Å². The molecule has 2 N–H and O–H groups in total. The third kappa shape index (κ3) is 2.87. The van der Waals surface area contributed by atoms with E-state index in [-0.39, 0.29) is 17.5 Å². The second-order valence-corrected chi connectivity index (χ2v) is 8.25. The van der Waals surface area contributed by atoms with E-state index in [9.17, 15) is 4.79 Å². The summed E-state index contributed by atoms with van der Waals surface area (Å²) in [5, 5.41) is 6.75. The molecule has 1 aromatic carbocycles. The number of nitrogens with one attached hydrogen (secondary N) is 2. The van der Waals surface area contributed by atoms with E-state index < -0.39 is 0 Å². The lowest BCUT2D eigenvalue weighted by atomic mass is 9.53. The monoisotopic (exact) mass is 328 g/mol. The summed E-state index contributed by atoms with van der Waals surface area (Å²) in [6.45, 7) is 1.93. The summed E-state index contributed by atoms with van der Waals surface area (Å²) in [5.41, 5.74) is 0.941. The lowest BCUT2D eigenvalue weighted by Gasteiger charge is -2.57. The topological polar surface area (TPSA) is 50.4 Å². The van der Waals surface area contributed by atoms with E-state index in [1.54, 1.807) is 7.11 Å². The summed E-state index contributed by atoms with van der Waals surface area (Å²) >= 11 is 0. The average molecular weight is 328 g/mol. The molecule has 24 heavy (non-hydrogen) atoms. The van der Waals surface area contributed by atoms with Gasteiger partial charge in [-0.25, -0.2) is 0 Å². The third-order valence-electron chi connectivity index (χ3n) is 6.30. The molecule has 4 aliphatic rings. The van der Waals surface area contributed by atoms with Gasteiger partial charge in [0, 0.05) is 5.54 Å². The average Bonchev–Trinajstić information content (AvgIpc) is 2.53. The highest BCUT2D eigenvalue weighted by molar-refractivity contribution is 5.85. The van der Waals surface area contributed by atoms with Crippen molar-refractivity contribution in [1.82, 2.24) is 5.32 Å². The van der Waals surface area contributed by atoms with Gasteiger partial charge >= 0.3 is 0 Å². The van der Waals surface area contributed by atoms with Crippen molar-refractivity contribution in [2.75, 3.05) is 12.4 Å². The zero-order valence-corrected chi connectivity index (χ0v) is 14.7. The molecule has 1 amide bonds. The Bertz CT molecular complexity index is 593. The number of benzene rings is 1. The molecule has 4 nitrogen and oxygen atoms in total. The second-order valence-electron chi connectivity index (χ2n) is 8.25. The quantitative estimate of drug-likeness (QED) is 0.868. The maximum absolute atomic E-state index is 12.8. The van der Waals surface area contributed by atoms with Crippen LogP contribution in [-0.4, -0.2) is 24.6 Å². The van der Waals surface area contributed by atoms with Crippen LogP contribution in [0, 0.1) is 17.8 Å². The highest BCUT2D eigenvalue weighted by atomic mass is 16.5. The lowest BCUT2D eigenvalue weighted by molar-refractivity contribution is -0.127. The van der Waals surface area contributed by atoms with E-state index in [1.165, 1.54) is 38.5 Å². The van der Waals surface area contributed by atoms with Crippen molar-refractivity contribution >= 4 is 11.6 Å². The van der Waals surface area contributed by atoms with Crippen molar-refractivity contribution in [3.63, 3.8) is 0 Å². The minimum absolute atomic E-state index is 0.0720. The Hall–Kier alpha value is -1.71. The van der Waals surface area contributed by atoms with Crippen molar-refractivity contribution in [3.05, 3.63) is 24.3 Å². The van der Waals surface area contributed by atoms with Crippen LogP contribution in [0.25, 0.3) is 0 Å². The predicted molar refractivity (Wildman–Crippen MR) is 95.1 cm³/mol. The molecule has 0 heterocycles. The highest BCUT2D eigenvalue weighted by Crippen LogP contribution is 2.55. The number of rotatable bonds is 5. The van der Waals surface area contributed by atoms with E-state index in [1.807, 2.05) is 31.2 Å². The fourth-order valence-corrected chi connectivity index (χ4v) is 5.70. The molecule has 4 saturated carbocycles. The first-order valence-electron chi connectivity index (χ1n) is 9.28. The molecule has 0 aliphatic heterocycles. The molecule has 4 fully saturated rings. The van der Waals surface area contributed by atoms with Crippen LogP contribution in [0.4, 0.5) is 5.69 Å². The van der Waals surface area contributed by atoms with Crippen LogP contribution in [0.15, 0.2) is 24.3 Å². The van der Waals surface area contributed by atoms with Crippen LogP contribution < -0.4 is 15.4 Å². The Labute approximate surface area is 144 Å². The Morgan fingerprint density at radius 2 is 1.71 bits per heavy atom. The molecule has 0 spiro atoms. The number of carbonyl (C=O) groups excluding carboxylic acids is 1. The molecule has 5 rings (SSSR count). The molecule has 4 bridgehead atoms. The van der Waals surface area contributed by atoms with Crippen LogP contribution in [-0.2, 0) is 4.79 Å². The molecule has 0 aromatic heterocycles. The van der Waals surface area contributed by atoms with Gasteiger partial charge in [-0.1, -0.05) is 12.1 Å². The molecule has 130 valence electrons. The molecule has 1 atom stereocenters. The van der Waals surface area contributed by atoms with Crippen molar-refractivity contribution in [1.29, 1.82) is 0 Å². The first kappa shape index (κ1) is 15.8. The van der Waals surface area contributed by atoms with Crippen LogP contribution >= 0.6 is 0 Å². The van der Waals surface area contributed by atoms with Gasteiger partial charge < -0.3 is 15.4 Å². The summed E-state index contributed by atoms with van der Waals surface area (Å²) in [4.78, 5) is 12.8. The molecule has 1 aromatic rings. The largest absolute Gasteiger partial charge is 0.495 e. The van der Waals surface area contributed by atoms with Gasteiger partial charge in [0.1, 0.15) is 11.8 Å². The Morgan fingerprint density at radius 3 is 2.29 bits per heavy atom. The van der Waals surface area contributed by atoms with Gasteiger partial charge in [0.25, 0.3) is 0 Å². The van der Waals surface area contributed by atoms with Gasteiger partial charge in [0.15, 0.2) is 0 Å². The number of carbonyl (C=O) groups is 1. The highest BCUT2D eigenvalue weighted by Gasteiger charge is 2.51. The number of hydrogen-bond acceptors (Lipinski definition) is 3. The number of ether oxygens (including phenoxy) is 1. The maximum atomic E-state index is 12.8. The normalized spacial score (nSPS) is 34.7. The minimum atomic E-state index is -0.269. The summed E-state index contributed by atoms with van der Waals surface area (Å²) in [7, 11) is 1.65. The molecule has 4 heteroatoms. The van der Waals surface area contributed by atoms with E-state index in [0.717, 1.165) is 29.2 Å². The predicted octanol–water partition coefficient (Wildman–Crippen LogP) is 3.58. The zero-order chi connectivity index (χ0) is 16.7. The molecule has 0 radical (unpaired) electrons. The van der Waals surface area contributed by atoms with E-state index in [4.69, 9.17) is 4.74 Å². The molecule has 0 saturated heterocycles.